The van der Waals surface area contributed by atoms with Crippen LogP contribution in [0.1, 0.15) is 65.8 Å². The zero-order valence-electron chi connectivity index (χ0n) is 23.7. The van der Waals surface area contributed by atoms with Gasteiger partial charge in [0.15, 0.2) is 17.3 Å². The summed E-state index contributed by atoms with van der Waals surface area (Å²) in [6, 6.07) is 13.0. The number of aromatic nitrogens is 2. The molecule has 1 heterocycles. The monoisotopic (exact) mass is 532 g/mol. The van der Waals surface area contributed by atoms with E-state index in [0.29, 0.717) is 59.4 Å². The highest BCUT2D eigenvalue weighted by atomic mass is 16.5. The third kappa shape index (κ3) is 8.27. The number of nitrogens with one attached hydrogen (secondary N) is 1. The van der Waals surface area contributed by atoms with Crippen molar-refractivity contribution in [3.8, 4) is 22.9 Å². The van der Waals surface area contributed by atoms with Crippen molar-refractivity contribution in [2.45, 2.75) is 46.0 Å². The van der Waals surface area contributed by atoms with Gasteiger partial charge in [-0.3, -0.25) is 9.59 Å². The van der Waals surface area contributed by atoms with Crippen LogP contribution in [-0.2, 0) is 6.42 Å². The summed E-state index contributed by atoms with van der Waals surface area (Å²) >= 11 is 0. The van der Waals surface area contributed by atoms with E-state index in [1.54, 1.807) is 38.3 Å². The zero-order valence-corrected chi connectivity index (χ0v) is 23.7. The summed E-state index contributed by atoms with van der Waals surface area (Å²) < 4.78 is 10.7. The fraction of sp³-hybridized carbons (Fsp3) is 0.419. The van der Waals surface area contributed by atoms with Crippen molar-refractivity contribution in [1.29, 1.82) is 0 Å². The van der Waals surface area contributed by atoms with Gasteiger partial charge in [0.05, 0.1) is 19.8 Å². The van der Waals surface area contributed by atoms with Crippen LogP contribution < -0.4 is 14.8 Å². The van der Waals surface area contributed by atoms with Gasteiger partial charge in [-0.1, -0.05) is 51.3 Å². The van der Waals surface area contributed by atoms with E-state index in [1.165, 1.54) is 18.8 Å². The molecule has 0 saturated carbocycles. The van der Waals surface area contributed by atoms with E-state index in [0.717, 1.165) is 24.8 Å². The number of nitrogens with zero attached hydrogens (tertiary/aromatic N) is 3. The lowest BCUT2D eigenvalue weighted by atomic mass is 9.99. The topological polar surface area (TPSA) is 93.7 Å². The largest absolute Gasteiger partial charge is 0.493 e. The number of amides is 2. The van der Waals surface area contributed by atoms with Gasteiger partial charge in [0, 0.05) is 43.7 Å². The summed E-state index contributed by atoms with van der Waals surface area (Å²) in [6.45, 7) is 5.52. The normalized spacial score (nSPS) is 11.5. The number of carbonyl (C=O) groups is 2. The molecule has 2 aromatic carbocycles. The number of hydrogen-bond donors (Lipinski definition) is 1. The Morgan fingerprint density at radius 2 is 1.72 bits per heavy atom. The van der Waals surface area contributed by atoms with Crippen LogP contribution in [0, 0.1) is 5.92 Å². The van der Waals surface area contributed by atoms with Crippen LogP contribution >= 0.6 is 0 Å². The lowest BCUT2D eigenvalue weighted by Gasteiger charge is -2.18. The zero-order chi connectivity index (χ0) is 28.2. The number of ether oxygens (including phenoxy) is 2. The standard InChI is InChI=1S/C31H40N4O4/c1-6-8-10-22(7-2)19-34-30(36)26-20-32-29(33-21-26)24-11-9-12-25(18-24)31(37)35(3)16-15-23-13-14-27(38-4)28(17-23)39-5/h9,11-14,17-18,20-22H,6-8,10,15-16,19H2,1-5H3,(H,34,36). The fourth-order valence-corrected chi connectivity index (χ4v) is 4.32. The predicted molar refractivity (Wildman–Crippen MR) is 153 cm³/mol. The third-order valence-corrected chi connectivity index (χ3v) is 6.91. The van der Waals surface area contributed by atoms with Crippen LogP contribution in [-0.4, -0.2) is 61.0 Å². The Kier molecular flexibility index (Phi) is 11.3. The SMILES string of the molecule is CCCCC(CC)CNC(=O)c1cnc(-c2cccc(C(=O)N(C)CCc3ccc(OC)c(OC)c3)c2)nc1. The summed E-state index contributed by atoms with van der Waals surface area (Å²) in [5.41, 5.74) is 2.73. The van der Waals surface area contributed by atoms with Crippen LogP contribution in [0.4, 0.5) is 0 Å². The first-order valence-corrected chi connectivity index (χ1v) is 13.6. The number of carbonyl (C=O) groups excluding carboxylic acids is 2. The molecule has 1 unspecified atom stereocenters. The maximum Gasteiger partial charge on any atom is 0.254 e. The quantitative estimate of drug-likeness (QED) is 0.298. The van der Waals surface area contributed by atoms with Gasteiger partial charge < -0.3 is 19.7 Å². The molecule has 0 aliphatic carbocycles. The molecule has 0 bridgehead atoms. The van der Waals surface area contributed by atoms with E-state index in [-0.39, 0.29) is 11.8 Å². The Morgan fingerprint density at radius 3 is 2.38 bits per heavy atom. The summed E-state index contributed by atoms with van der Waals surface area (Å²) in [4.78, 5) is 36.2. The van der Waals surface area contributed by atoms with Crippen molar-refractivity contribution in [2.24, 2.45) is 5.92 Å². The van der Waals surface area contributed by atoms with Crippen LogP contribution in [0.5, 0.6) is 11.5 Å². The summed E-state index contributed by atoms with van der Waals surface area (Å²) in [6.07, 6.45) is 8.22. The van der Waals surface area contributed by atoms with E-state index in [2.05, 4.69) is 29.1 Å². The molecule has 1 N–H and O–H groups in total. The molecule has 208 valence electrons. The fourth-order valence-electron chi connectivity index (χ4n) is 4.32. The minimum atomic E-state index is -0.170. The van der Waals surface area contributed by atoms with Crippen LogP contribution in [0.2, 0.25) is 0 Å². The smallest absolute Gasteiger partial charge is 0.254 e. The molecule has 2 amide bonds. The van der Waals surface area contributed by atoms with Gasteiger partial charge in [0.1, 0.15) is 0 Å². The number of methoxy groups -OCH3 is 2. The molecule has 0 spiro atoms. The molecule has 1 atom stereocenters. The molecule has 0 saturated heterocycles. The highest BCUT2D eigenvalue weighted by Crippen LogP contribution is 2.28. The van der Waals surface area contributed by atoms with Crippen LogP contribution in [0.15, 0.2) is 54.9 Å². The van der Waals surface area contributed by atoms with Crippen molar-refractivity contribution in [2.75, 3.05) is 34.4 Å². The molecule has 0 aliphatic heterocycles. The maximum absolute atomic E-state index is 13.1. The lowest BCUT2D eigenvalue weighted by molar-refractivity contribution is 0.0796. The van der Waals surface area contributed by atoms with Crippen molar-refractivity contribution < 1.29 is 19.1 Å². The Labute approximate surface area is 231 Å². The van der Waals surface area contributed by atoms with E-state index in [4.69, 9.17) is 9.47 Å². The van der Waals surface area contributed by atoms with Gasteiger partial charge >= 0.3 is 0 Å². The van der Waals surface area contributed by atoms with Gasteiger partial charge in [-0.2, -0.15) is 0 Å². The molecule has 0 radical (unpaired) electrons. The van der Waals surface area contributed by atoms with Crippen molar-refractivity contribution in [3.05, 3.63) is 71.5 Å². The van der Waals surface area contributed by atoms with E-state index in [9.17, 15) is 9.59 Å². The first-order valence-electron chi connectivity index (χ1n) is 13.6. The lowest BCUT2D eigenvalue weighted by Crippen LogP contribution is -2.29. The van der Waals surface area contributed by atoms with Gasteiger partial charge in [0.25, 0.3) is 11.8 Å². The number of likely N-dealkylation sites (N-methyl/N-ethyl adjacent to an activating group) is 1. The highest BCUT2D eigenvalue weighted by Gasteiger charge is 2.15. The molecule has 8 nitrogen and oxygen atoms in total. The van der Waals surface area contributed by atoms with Gasteiger partial charge in [0.2, 0.25) is 0 Å². The first kappa shape index (κ1) is 29.6. The van der Waals surface area contributed by atoms with E-state index >= 15 is 0 Å². The van der Waals surface area contributed by atoms with Gasteiger partial charge in [-0.25, -0.2) is 9.97 Å². The summed E-state index contributed by atoms with van der Waals surface area (Å²) in [5.74, 6) is 2.01. The third-order valence-electron chi connectivity index (χ3n) is 6.91. The molecular weight excluding hydrogens is 492 g/mol. The van der Waals surface area contributed by atoms with Crippen molar-refractivity contribution in [1.82, 2.24) is 20.2 Å². The average molecular weight is 533 g/mol. The summed E-state index contributed by atoms with van der Waals surface area (Å²) in [5, 5.41) is 3.01. The second kappa shape index (κ2) is 14.9. The summed E-state index contributed by atoms with van der Waals surface area (Å²) in [7, 11) is 4.99. The Hall–Kier alpha value is -3.94. The second-order valence-corrected chi connectivity index (χ2v) is 9.67. The van der Waals surface area contributed by atoms with Crippen LogP contribution in [0.3, 0.4) is 0 Å². The Balaban J connectivity index is 1.61. The molecule has 39 heavy (non-hydrogen) atoms. The Bertz CT molecular complexity index is 1230. The Morgan fingerprint density at radius 1 is 0.974 bits per heavy atom. The van der Waals surface area contributed by atoms with Gasteiger partial charge in [-0.05, 0) is 48.6 Å². The minimum absolute atomic E-state index is 0.0955. The molecule has 0 fully saturated rings. The van der Waals surface area contributed by atoms with E-state index < -0.39 is 0 Å². The number of hydrogen-bond acceptors (Lipinski definition) is 6. The van der Waals surface area contributed by atoms with Crippen molar-refractivity contribution >= 4 is 11.8 Å². The minimum Gasteiger partial charge on any atom is -0.493 e. The molecule has 0 aliphatic rings. The highest BCUT2D eigenvalue weighted by molar-refractivity contribution is 5.95. The van der Waals surface area contributed by atoms with Crippen molar-refractivity contribution in [3.63, 3.8) is 0 Å². The molecule has 8 heteroatoms. The molecule has 3 aromatic rings. The van der Waals surface area contributed by atoms with Crippen LogP contribution in [0.25, 0.3) is 11.4 Å². The number of benzene rings is 2. The molecule has 1 aromatic heterocycles. The average Bonchev–Trinajstić information content (AvgIpc) is 2.99. The number of unbranched alkanes of at least 4 members (excludes halogenated alkanes) is 1. The van der Waals surface area contributed by atoms with Gasteiger partial charge in [-0.15, -0.1) is 0 Å². The first-order chi connectivity index (χ1) is 18.9. The molecule has 3 rings (SSSR count). The number of rotatable bonds is 14. The molecular formula is C31H40N4O4. The maximum atomic E-state index is 13.1. The van der Waals surface area contributed by atoms with E-state index in [1.807, 2.05) is 30.3 Å². The second-order valence-electron chi connectivity index (χ2n) is 9.67. The predicted octanol–water partition coefficient (Wildman–Crippen LogP) is 5.42.